The van der Waals surface area contributed by atoms with Crippen LogP contribution < -0.4 is 0 Å². The number of allylic oxidation sites excluding steroid dienone is 5. The molecule has 0 saturated carbocycles. The third kappa shape index (κ3) is 13.7. The maximum atomic E-state index is 2.33. The summed E-state index contributed by atoms with van der Waals surface area (Å²) < 4.78 is 0. The first-order valence-electron chi connectivity index (χ1n) is 22.3. The highest BCUT2D eigenvalue weighted by Gasteiger charge is 2.09. The van der Waals surface area contributed by atoms with Gasteiger partial charge in [-0.2, -0.15) is 0 Å². The summed E-state index contributed by atoms with van der Waals surface area (Å²) in [5.74, 6) is 0. The SMILES string of the molecule is C/C=C/C=C(\C=C/c1ccc(C)c(-c2ccccc2C)c1)c1ccccc1.CC.Cc1ccc(-c2cccc(-c3ccc(C)c(-c4ccccc4C)c3)c2)cc1.Cc1ccccc1. The monoisotopic (exact) mass is 821 g/mol. The van der Waals surface area contributed by atoms with E-state index in [1.165, 1.54) is 94.6 Å². The molecule has 0 bridgehead atoms. The average molecular weight is 821 g/mol. The molecular weight excluding hydrogens is 757 g/mol. The quantitative estimate of drug-likeness (QED) is 0.134. The normalized spacial score (nSPS) is 10.9. The molecule has 0 heteroatoms. The van der Waals surface area contributed by atoms with Gasteiger partial charge >= 0.3 is 0 Å². The molecular formula is C63H64. The highest BCUT2D eigenvalue weighted by atomic mass is 14.1. The Balaban J connectivity index is 0.000000199. The van der Waals surface area contributed by atoms with Crippen LogP contribution in [0.15, 0.2) is 218 Å². The van der Waals surface area contributed by atoms with Crippen LogP contribution in [-0.4, -0.2) is 0 Å². The summed E-state index contributed by atoms with van der Waals surface area (Å²) >= 11 is 0. The number of hydrogen-bond donors (Lipinski definition) is 0. The van der Waals surface area contributed by atoms with Gasteiger partial charge in [0.25, 0.3) is 0 Å². The Morgan fingerprint density at radius 1 is 0.365 bits per heavy atom. The van der Waals surface area contributed by atoms with Gasteiger partial charge < -0.3 is 0 Å². The van der Waals surface area contributed by atoms with E-state index < -0.39 is 0 Å². The van der Waals surface area contributed by atoms with Gasteiger partial charge in [-0.15, -0.1) is 0 Å². The Kier molecular flexibility index (Phi) is 18.2. The van der Waals surface area contributed by atoms with E-state index in [1.807, 2.05) is 39.0 Å². The van der Waals surface area contributed by atoms with Crippen LogP contribution in [0.4, 0.5) is 0 Å². The van der Waals surface area contributed by atoms with E-state index in [4.69, 9.17) is 0 Å². The number of aryl methyl sites for hydroxylation is 6. The molecule has 0 amide bonds. The first-order valence-corrected chi connectivity index (χ1v) is 22.3. The van der Waals surface area contributed by atoms with E-state index in [0.29, 0.717) is 0 Å². The molecule has 0 aliphatic rings. The predicted octanol–water partition coefficient (Wildman–Crippen LogP) is 18.3. The standard InChI is InChI=1S/C27H24.C27H26.C7H8.C2H6/c1-19-11-14-22(15-12-19)23-8-6-9-24(17-23)25-16-13-21(3)27(18-25)26-10-5-4-7-20(26)2;1-4-5-12-25(24-13-7-6-8-14-24)19-18-23-17-16-22(3)27(20-23)26-15-10-9-11-21(26)2;1-7-5-3-2-4-6-7;1-2/h4-18H,1-3H3;4-20H,1-3H3;2-6H,1H3;1-2H3/b;5-4+,19-18-,25-12+;;. The maximum absolute atomic E-state index is 2.33. The summed E-state index contributed by atoms with van der Waals surface area (Å²) in [4.78, 5) is 0. The van der Waals surface area contributed by atoms with Crippen molar-refractivity contribution >= 4 is 11.6 Å². The molecule has 0 aromatic heterocycles. The minimum Gasteiger partial charge on any atom is -0.0876 e. The third-order valence-electron chi connectivity index (χ3n) is 10.9. The van der Waals surface area contributed by atoms with E-state index >= 15 is 0 Å². The lowest BCUT2D eigenvalue weighted by Gasteiger charge is -2.13. The lowest BCUT2D eigenvalue weighted by atomic mass is 9.92. The lowest BCUT2D eigenvalue weighted by Crippen LogP contribution is -1.89. The van der Waals surface area contributed by atoms with E-state index in [1.54, 1.807) is 0 Å². The second kappa shape index (κ2) is 24.4. The van der Waals surface area contributed by atoms with Gasteiger partial charge in [-0.3, -0.25) is 0 Å². The summed E-state index contributed by atoms with van der Waals surface area (Å²) in [5, 5.41) is 0. The molecule has 8 aromatic carbocycles. The van der Waals surface area contributed by atoms with Crippen molar-refractivity contribution in [2.75, 3.05) is 0 Å². The molecule has 0 fully saturated rings. The summed E-state index contributed by atoms with van der Waals surface area (Å²) in [5.41, 5.74) is 21.7. The van der Waals surface area contributed by atoms with Gasteiger partial charge in [0.1, 0.15) is 0 Å². The molecule has 0 radical (unpaired) electrons. The Morgan fingerprint density at radius 2 is 0.825 bits per heavy atom. The average Bonchev–Trinajstić information content (AvgIpc) is 3.32. The fourth-order valence-corrected chi connectivity index (χ4v) is 7.30. The van der Waals surface area contributed by atoms with Gasteiger partial charge in [-0.1, -0.05) is 231 Å². The second-order valence-corrected chi connectivity index (χ2v) is 15.7. The number of benzene rings is 8. The summed E-state index contributed by atoms with van der Waals surface area (Å²) in [6.07, 6.45) is 10.7. The van der Waals surface area contributed by atoms with Crippen molar-refractivity contribution in [1.82, 2.24) is 0 Å². The fourth-order valence-electron chi connectivity index (χ4n) is 7.30. The molecule has 0 saturated heterocycles. The van der Waals surface area contributed by atoms with E-state index in [0.717, 1.165) is 0 Å². The van der Waals surface area contributed by atoms with E-state index in [9.17, 15) is 0 Å². The van der Waals surface area contributed by atoms with Crippen LogP contribution in [0.5, 0.6) is 0 Å². The molecule has 0 nitrogen and oxygen atoms in total. The zero-order valence-electron chi connectivity index (χ0n) is 38.9. The lowest BCUT2D eigenvalue weighted by molar-refractivity contribution is 1.40. The molecule has 0 atom stereocenters. The second-order valence-electron chi connectivity index (χ2n) is 15.7. The minimum atomic E-state index is 1.20. The van der Waals surface area contributed by atoms with Crippen LogP contribution in [-0.2, 0) is 0 Å². The van der Waals surface area contributed by atoms with Crippen molar-refractivity contribution < 1.29 is 0 Å². The highest BCUT2D eigenvalue weighted by molar-refractivity contribution is 5.82. The van der Waals surface area contributed by atoms with Crippen LogP contribution in [0, 0.1) is 41.5 Å². The molecule has 63 heavy (non-hydrogen) atoms. The van der Waals surface area contributed by atoms with Crippen molar-refractivity contribution in [3.8, 4) is 44.5 Å². The Labute approximate surface area is 379 Å². The maximum Gasteiger partial charge on any atom is -0.0146 e. The molecule has 316 valence electrons. The summed E-state index contributed by atoms with van der Waals surface area (Å²) in [6, 6.07) is 69.0. The van der Waals surface area contributed by atoms with Gasteiger partial charge in [0.05, 0.1) is 0 Å². The van der Waals surface area contributed by atoms with Gasteiger partial charge in [0, 0.05) is 0 Å². The van der Waals surface area contributed by atoms with Crippen LogP contribution in [0.25, 0.3) is 56.2 Å². The zero-order chi connectivity index (χ0) is 45.0. The Morgan fingerprint density at radius 3 is 1.38 bits per heavy atom. The first-order chi connectivity index (χ1) is 30.7. The molecule has 0 heterocycles. The van der Waals surface area contributed by atoms with Crippen molar-refractivity contribution in [1.29, 1.82) is 0 Å². The minimum absolute atomic E-state index is 1.20. The van der Waals surface area contributed by atoms with E-state index in [-0.39, 0.29) is 0 Å². The number of hydrogen-bond acceptors (Lipinski definition) is 0. The topological polar surface area (TPSA) is 0 Å². The van der Waals surface area contributed by atoms with Crippen molar-refractivity contribution in [2.45, 2.75) is 62.3 Å². The first kappa shape index (κ1) is 47.0. The van der Waals surface area contributed by atoms with Gasteiger partial charge in [0.15, 0.2) is 0 Å². The van der Waals surface area contributed by atoms with Gasteiger partial charge in [-0.05, 0) is 150 Å². The van der Waals surface area contributed by atoms with Gasteiger partial charge in [0.2, 0.25) is 0 Å². The largest absolute Gasteiger partial charge is 0.0876 e. The third-order valence-corrected chi connectivity index (χ3v) is 10.9. The Bertz CT molecular complexity index is 2720. The van der Waals surface area contributed by atoms with Crippen LogP contribution >= 0.6 is 0 Å². The van der Waals surface area contributed by atoms with Gasteiger partial charge in [-0.25, -0.2) is 0 Å². The van der Waals surface area contributed by atoms with Crippen molar-refractivity contribution in [3.63, 3.8) is 0 Å². The molecule has 8 rings (SSSR count). The number of rotatable bonds is 8. The molecule has 0 spiro atoms. The van der Waals surface area contributed by atoms with Crippen LogP contribution in [0.1, 0.15) is 65.3 Å². The van der Waals surface area contributed by atoms with E-state index in [2.05, 4.69) is 248 Å². The van der Waals surface area contributed by atoms with Crippen LogP contribution in [0.2, 0.25) is 0 Å². The molecule has 0 N–H and O–H groups in total. The Hall–Kier alpha value is -7.02. The molecule has 0 aliphatic heterocycles. The smallest absolute Gasteiger partial charge is 0.0146 e. The summed E-state index contributed by atoms with van der Waals surface area (Å²) in [7, 11) is 0. The van der Waals surface area contributed by atoms with Crippen molar-refractivity contribution in [2.24, 2.45) is 0 Å². The fraction of sp³-hybridized carbons (Fsp3) is 0.143. The molecule has 8 aromatic rings. The van der Waals surface area contributed by atoms with Crippen molar-refractivity contribution in [3.05, 3.63) is 263 Å². The highest BCUT2D eigenvalue weighted by Crippen LogP contribution is 2.33. The van der Waals surface area contributed by atoms with Crippen LogP contribution in [0.3, 0.4) is 0 Å². The predicted molar refractivity (Wildman–Crippen MR) is 279 cm³/mol. The zero-order valence-corrected chi connectivity index (χ0v) is 38.9. The summed E-state index contributed by atoms with van der Waals surface area (Å²) in [6.45, 7) is 19.0. The molecule has 0 unspecified atom stereocenters. The molecule has 0 aliphatic carbocycles.